The van der Waals surface area contributed by atoms with Crippen LogP contribution in [0.5, 0.6) is 5.75 Å². The van der Waals surface area contributed by atoms with Crippen molar-refractivity contribution in [1.82, 2.24) is 14.5 Å². The van der Waals surface area contributed by atoms with Crippen LogP contribution in [0.4, 0.5) is 4.39 Å². The van der Waals surface area contributed by atoms with Gasteiger partial charge in [0.1, 0.15) is 11.4 Å². The summed E-state index contributed by atoms with van der Waals surface area (Å²) < 4.78 is 24.0. The van der Waals surface area contributed by atoms with Crippen molar-refractivity contribution in [2.24, 2.45) is 0 Å². The third-order valence-electron chi connectivity index (χ3n) is 6.99. The number of nitrogens with zero attached hydrogens (tertiary/aromatic N) is 2. The zero-order valence-corrected chi connectivity index (χ0v) is 19.4. The van der Waals surface area contributed by atoms with Crippen LogP contribution in [0.15, 0.2) is 29.1 Å². The fraction of sp³-hybridized carbons (Fsp3) is 0.423. The van der Waals surface area contributed by atoms with E-state index in [4.69, 9.17) is 4.74 Å². The van der Waals surface area contributed by atoms with Gasteiger partial charge in [-0.15, -0.1) is 0 Å². The van der Waals surface area contributed by atoms with Gasteiger partial charge in [-0.2, -0.15) is 0 Å². The number of nitrogens with one attached hydrogen (secondary N) is 1. The third-order valence-corrected chi connectivity index (χ3v) is 6.99. The van der Waals surface area contributed by atoms with Gasteiger partial charge in [0.05, 0.1) is 23.4 Å². The van der Waals surface area contributed by atoms with E-state index in [0.29, 0.717) is 33.2 Å². The Bertz CT molecular complexity index is 1410. The first-order valence-electron chi connectivity index (χ1n) is 11.4. The summed E-state index contributed by atoms with van der Waals surface area (Å²) in [5.74, 6) is 0.228. The number of ether oxygens (including phenoxy) is 1. The van der Waals surface area contributed by atoms with Crippen LogP contribution in [0.2, 0.25) is 0 Å². The van der Waals surface area contributed by atoms with Gasteiger partial charge in [0, 0.05) is 22.5 Å². The Kier molecular flexibility index (Phi) is 5.01. The van der Waals surface area contributed by atoms with Gasteiger partial charge in [-0.1, -0.05) is 12.1 Å². The second-order valence-corrected chi connectivity index (χ2v) is 9.47. The summed E-state index contributed by atoms with van der Waals surface area (Å²) in [5, 5.41) is 1.85. The number of piperidine rings is 1. The van der Waals surface area contributed by atoms with Crippen LogP contribution in [0, 0.1) is 12.7 Å². The largest absolute Gasteiger partial charge is 0.496 e. The summed E-state index contributed by atoms with van der Waals surface area (Å²) in [4.78, 5) is 19.4. The molecule has 0 saturated carbocycles. The second-order valence-electron chi connectivity index (χ2n) is 9.47. The maximum Gasteiger partial charge on any atom is 0.199 e. The van der Waals surface area contributed by atoms with Gasteiger partial charge < -0.3 is 19.2 Å². The molecule has 0 aliphatic carbocycles. The van der Waals surface area contributed by atoms with E-state index in [1.807, 2.05) is 43.5 Å². The molecule has 1 aliphatic rings. The monoisotopic (exact) mass is 435 g/mol. The molecular weight excluding hydrogens is 405 g/mol. The van der Waals surface area contributed by atoms with Crippen LogP contribution < -0.4 is 10.2 Å². The number of aryl methyl sites for hydroxylation is 1. The molecule has 1 fully saturated rings. The van der Waals surface area contributed by atoms with Gasteiger partial charge in [-0.3, -0.25) is 4.79 Å². The van der Waals surface area contributed by atoms with Crippen molar-refractivity contribution in [2.45, 2.75) is 45.6 Å². The number of aromatic nitrogens is 2. The van der Waals surface area contributed by atoms with Crippen molar-refractivity contribution in [3.63, 3.8) is 0 Å². The number of H-pyrrole nitrogens is 1. The standard InChI is InChI=1S/C26H30FN3O2/c1-14(2)30-24-18(25(31)22-17-7-6-15(3)12-19(17)28-26(22)30)13-20(32-5)21(23(24)27)16-8-10-29(4)11-9-16/h6-7,12-14,16,28H,8-11H2,1-5H3. The van der Waals surface area contributed by atoms with Crippen molar-refractivity contribution in [3.8, 4) is 5.75 Å². The molecule has 2 aromatic heterocycles. The predicted octanol–water partition coefficient (Wildman–Crippen LogP) is 5.48. The summed E-state index contributed by atoms with van der Waals surface area (Å²) in [5.41, 5.74) is 3.49. The van der Waals surface area contributed by atoms with Crippen molar-refractivity contribution in [2.75, 3.05) is 27.2 Å². The highest BCUT2D eigenvalue weighted by atomic mass is 19.1. The lowest BCUT2D eigenvalue weighted by Crippen LogP contribution is -2.30. The maximum absolute atomic E-state index is 16.4. The molecule has 1 aliphatic heterocycles. The molecule has 0 radical (unpaired) electrons. The molecule has 32 heavy (non-hydrogen) atoms. The van der Waals surface area contributed by atoms with E-state index in [2.05, 4.69) is 16.9 Å². The van der Waals surface area contributed by atoms with E-state index >= 15 is 4.39 Å². The third kappa shape index (κ3) is 3.04. The van der Waals surface area contributed by atoms with Crippen molar-refractivity contribution < 1.29 is 9.13 Å². The molecule has 0 bridgehead atoms. The molecule has 0 atom stereocenters. The first-order valence-corrected chi connectivity index (χ1v) is 11.4. The molecule has 2 aromatic carbocycles. The Morgan fingerprint density at radius 1 is 1.16 bits per heavy atom. The Morgan fingerprint density at radius 3 is 2.53 bits per heavy atom. The molecule has 0 unspecified atom stereocenters. The molecule has 0 spiro atoms. The number of fused-ring (bicyclic) bond motifs is 4. The molecule has 3 heterocycles. The lowest BCUT2D eigenvalue weighted by Gasteiger charge is -2.31. The summed E-state index contributed by atoms with van der Waals surface area (Å²) >= 11 is 0. The van der Waals surface area contributed by atoms with Crippen LogP contribution in [0.25, 0.3) is 32.8 Å². The first kappa shape index (κ1) is 21.0. The summed E-state index contributed by atoms with van der Waals surface area (Å²) in [6, 6.07) is 7.73. The van der Waals surface area contributed by atoms with Crippen molar-refractivity contribution >= 4 is 32.8 Å². The molecule has 5 rings (SSSR count). The number of likely N-dealkylation sites (tertiary alicyclic amines) is 1. The summed E-state index contributed by atoms with van der Waals surface area (Å²) in [6.07, 6.45) is 1.74. The topological polar surface area (TPSA) is 50.3 Å². The van der Waals surface area contributed by atoms with Gasteiger partial charge in [-0.25, -0.2) is 4.39 Å². The van der Waals surface area contributed by atoms with Crippen LogP contribution >= 0.6 is 0 Å². The molecule has 0 amide bonds. The highest BCUT2D eigenvalue weighted by Gasteiger charge is 2.29. The summed E-state index contributed by atoms with van der Waals surface area (Å²) in [6.45, 7) is 7.91. The number of hydrogen-bond acceptors (Lipinski definition) is 3. The summed E-state index contributed by atoms with van der Waals surface area (Å²) in [7, 11) is 3.65. The van der Waals surface area contributed by atoms with E-state index < -0.39 is 0 Å². The van der Waals surface area contributed by atoms with Crippen LogP contribution in [-0.4, -0.2) is 41.7 Å². The van der Waals surface area contributed by atoms with Gasteiger partial charge in [0.2, 0.25) is 0 Å². The van der Waals surface area contributed by atoms with E-state index in [0.717, 1.165) is 42.4 Å². The highest BCUT2D eigenvalue weighted by Crippen LogP contribution is 2.40. The maximum atomic E-state index is 16.4. The fourth-order valence-corrected chi connectivity index (χ4v) is 5.36. The molecule has 1 N–H and O–H groups in total. The normalized spacial score (nSPS) is 16.1. The average molecular weight is 436 g/mol. The van der Waals surface area contributed by atoms with Crippen LogP contribution in [0.3, 0.4) is 0 Å². The lowest BCUT2D eigenvalue weighted by atomic mass is 9.87. The minimum absolute atomic E-state index is 0.0389. The molecule has 1 saturated heterocycles. The van der Waals surface area contributed by atoms with Gasteiger partial charge >= 0.3 is 0 Å². The average Bonchev–Trinajstić information content (AvgIpc) is 3.13. The van der Waals surface area contributed by atoms with Crippen LogP contribution in [-0.2, 0) is 0 Å². The molecule has 5 nitrogen and oxygen atoms in total. The van der Waals surface area contributed by atoms with E-state index in [9.17, 15) is 4.79 Å². The minimum atomic E-state index is -0.323. The number of methoxy groups -OCH3 is 1. The molecule has 6 heteroatoms. The van der Waals surface area contributed by atoms with Gasteiger partial charge in [0.25, 0.3) is 0 Å². The fourth-order valence-electron chi connectivity index (χ4n) is 5.36. The highest BCUT2D eigenvalue weighted by molar-refractivity contribution is 6.10. The molecular formula is C26H30FN3O2. The number of pyridine rings is 1. The van der Waals surface area contributed by atoms with Crippen molar-refractivity contribution in [3.05, 3.63) is 51.4 Å². The Balaban J connectivity index is 1.92. The van der Waals surface area contributed by atoms with Crippen molar-refractivity contribution in [1.29, 1.82) is 0 Å². The van der Waals surface area contributed by atoms with E-state index in [1.54, 1.807) is 13.2 Å². The SMILES string of the molecule is COc1cc2c(=O)c3c4ccc(C)cc4[nH]c3n(C(C)C)c2c(F)c1C1CCN(C)CC1. The molecule has 4 aromatic rings. The number of benzene rings is 2. The van der Waals surface area contributed by atoms with E-state index in [-0.39, 0.29) is 23.2 Å². The van der Waals surface area contributed by atoms with Gasteiger partial charge in [0.15, 0.2) is 11.2 Å². The smallest absolute Gasteiger partial charge is 0.199 e. The number of hydrogen-bond donors (Lipinski definition) is 1. The number of rotatable bonds is 3. The number of halogens is 1. The first-order chi connectivity index (χ1) is 15.3. The Hall–Kier alpha value is -2.86. The lowest BCUT2D eigenvalue weighted by molar-refractivity contribution is 0.250. The van der Waals surface area contributed by atoms with Crippen LogP contribution in [0.1, 0.15) is 49.8 Å². The minimum Gasteiger partial charge on any atom is -0.496 e. The zero-order valence-electron chi connectivity index (χ0n) is 19.4. The number of aromatic amines is 1. The quantitative estimate of drug-likeness (QED) is 0.463. The second kappa shape index (κ2) is 7.62. The Labute approximate surface area is 186 Å². The molecule has 168 valence electrons. The predicted molar refractivity (Wildman–Crippen MR) is 129 cm³/mol. The zero-order chi connectivity index (χ0) is 22.7. The Morgan fingerprint density at radius 2 is 1.88 bits per heavy atom. The van der Waals surface area contributed by atoms with Gasteiger partial charge in [-0.05, 0) is 77.4 Å². The van der Waals surface area contributed by atoms with E-state index in [1.165, 1.54) is 0 Å².